The lowest BCUT2D eigenvalue weighted by molar-refractivity contribution is 0.121. The number of hydrogen-bond acceptors (Lipinski definition) is 2. The second-order valence-corrected chi connectivity index (χ2v) is 4.06. The van der Waals surface area contributed by atoms with Gasteiger partial charge in [-0.05, 0) is 31.5 Å². The second kappa shape index (κ2) is 4.20. The number of nitrogens with one attached hydrogen (secondary N) is 1. The fourth-order valence-electron chi connectivity index (χ4n) is 1.71. The Morgan fingerprint density at radius 1 is 1.50 bits per heavy atom. The van der Waals surface area contributed by atoms with Crippen LogP contribution in [0.5, 0.6) is 0 Å². The quantitative estimate of drug-likeness (QED) is 0.812. The predicted molar refractivity (Wildman–Crippen MR) is 58.9 cm³/mol. The molecule has 0 aromatic heterocycles. The van der Waals surface area contributed by atoms with Crippen molar-refractivity contribution in [3.05, 3.63) is 29.3 Å². The van der Waals surface area contributed by atoms with Gasteiger partial charge < -0.3 is 10.1 Å². The van der Waals surface area contributed by atoms with Crippen molar-refractivity contribution in [2.75, 3.05) is 11.9 Å². The maximum absolute atomic E-state index is 5.90. The van der Waals surface area contributed by atoms with Crippen molar-refractivity contribution < 1.29 is 4.74 Å². The molecular formula is C11H14ClNO. The van der Waals surface area contributed by atoms with Crippen LogP contribution in [-0.4, -0.2) is 18.8 Å². The molecule has 0 amide bonds. The summed E-state index contributed by atoms with van der Waals surface area (Å²) in [4.78, 5) is 0. The van der Waals surface area contributed by atoms with E-state index < -0.39 is 0 Å². The van der Waals surface area contributed by atoms with Crippen LogP contribution in [0.1, 0.15) is 13.3 Å². The van der Waals surface area contributed by atoms with Crippen LogP contribution >= 0.6 is 11.6 Å². The molecule has 3 heteroatoms. The Morgan fingerprint density at radius 3 is 3.00 bits per heavy atom. The van der Waals surface area contributed by atoms with Gasteiger partial charge in [0.25, 0.3) is 0 Å². The van der Waals surface area contributed by atoms with E-state index in [0.717, 1.165) is 23.7 Å². The Bertz CT molecular complexity index is 316. The molecule has 14 heavy (non-hydrogen) atoms. The lowest BCUT2D eigenvalue weighted by atomic mass is 10.1. The molecule has 0 saturated carbocycles. The van der Waals surface area contributed by atoms with E-state index in [1.807, 2.05) is 24.3 Å². The minimum absolute atomic E-state index is 0.286. The van der Waals surface area contributed by atoms with Crippen LogP contribution in [0.25, 0.3) is 0 Å². The average molecular weight is 212 g/mol. The number of anilines is 1. The zero-order valence-corrected chi connectivity index (χ0v) is 8.92. The van der Waals surface area contributed by atoms with E-state index in [-0.39, 0.29) is 6.10 Å². The minimum Gasteiger partial charge on any atom is -0.380 e. The Kier molecular flexibility index (Phi) is 2.94. The fraction of sp³-hybridized carbons (Fsp3) is 0.455. The number of rotatable bonds is 2. The van der Waals surface area contributed by atoms with E-state index in [9.17, 15) is 0 Å². The van der Waals surface area contributed by atoms with Gasteiger partial charge in [0.05, 0.1) is 12.1 Å². The Labute approximate surface area is 89.2 Å². The topological polar surface area (TPSA) is 21.3 Å². The van der Waals surface area contributed by atoms with E-state index in [4.69, 9.17) is 16.3 Å². The third-order valence-corrected chi connectivity index (χ3v) is 2.79. The van der Waals surface area contributed by atoms with Crippen LogP contribution in [0.4, 0.5) is 5.69 Å². The van der Waals surface area contributed by atoms with Gasteiger partial charge in [0.1, 0.15) is 0 Å². The summed E-state index contributed by atoms with van der Waals surface area (Å²) in [5.41, 5.74) is 1.07. The Morgan fingerprint density at radius 2 is 2.36 bits per heavy atom. The predicted octanol–water partition coefficient (Wildman–Crippen LogP) is 2.93. The molecule has 1 aromatic rings. The van der Waals surface area contributed by atoms with Crippen LogP contribution in [0.3, 0.4) is 0 Å². The third-order valence-electron chi connectivity index (χ3n) is 2.55. The molecule has 1 N–H and O–H groups in total. The lowest BCUT2D eigenvalue weighted by Crippen LogP contribution is -2.26. The molecule has 2 nitrogen and oxygen atoms in total. The van der Waals surface area contributed by atoms with Crippen molar-refractivity contribution in [3.63, 3.8) is 0 Å². The molecule has 1 aliphatic rings. The van der Waals surface area contributed by atoms with Crippen molar-refractivity contribution in [1.29, 1.82) is 0 Å². The van der Waals surface area contributed by atoms with Crippen molar-refractivity contribution in [3.8, 4) is 0 Å². The monoisotopic (exact) mass is 211 g/mol. The highest BCUT2D eigenvalue weighted by molar-refractivity contribution is 6.30. The number of benzene rings is 1. The molecule has 2 atom stereocenters. The summed E-state index contributed by atoms with van der Waals surface area (Å²) in [7, 11) is 0. The summed E-state index contributed by atoms with van der Waals surface area (Å²) in [5, 5.41) is 4.19. The van der Waals surface area contributed by atoms with Gasteiger partial charge in [0.15, 0.2) is 0 Å². The highest BCUT2D eigenvalue weighted by Gasteiger charge is 2.23. The van der Waals surface area contributed by atoms with E-state index in [1.54, 1.807) is 0 Å². The van der Waals surface area contributed by atoms with Crippen molar-refractivity contribution in [1.82, 2.24) is 0 Å². The number of hydrogen-bond donors (Lipinski definition) is 1. The number of halogens is 1. The van der Waals surface area contributed by atoms with Gasteiger partial charge in [-0.25, -0.2) is 0 Å². The first-order chi connectivity index (χ1) is 6.75. The minimum atomic E-state index is 0.286. The van der Waals surface area contributed by atoms with Gasteiger partial charge in [-0.2, -0.15) is 0 Å². The molecule has 1 fully saturated rings. The van der Waals surface area contributed by atoms with Crippen molar-refractivity contribution in [2.24, 2.45) is 0 Å². The summed E-state index contributed by atoms with van der Waals surface area (Å²) < 4.78 is 5.47. The Hall–Kier alpha value is -0.730. The van der Waals surface area contributed by atoms with Crippen molar-refractivity contribution >= 4 is 17.3 Å². The molecule has 1 saturated heterocycles. The highest BCUT2D eigenvalue weighted by Crippen LogP contribution is 2.21. The van der Waals surface area contributed by atoms with Crippen LogP contribution in [-0.2, 0) is 4.74 Å². The first-order valence-corrected chi connectivity index (χ1v) is 5.27. The maximum atomic E-state index is 5.90. The molecule has 0 spiro atoms. The van der Waals surface area contributed by atoms with Crippen LogP contribution in [0.2, 0.25) is 5.02 Å². The van der Waals surface area contributed by atoms with Gasteiger partial charge >= 0.3 is 0 Å². The molecule has 76 valence electrons. The third kappa shape index (κ3) is 2.20. The van der Waals surface area contributed by atoms with E-state index in [0.29, 0.717) is 6.04 Å². The van der Waals surface area contributed by atoms with E-state index >= 15 is 0 Å². The molecule has 0 bridgehead atoms. The highest BCUT2D eigenvalue weighted by atomic mass is 35.5. The van der Waals surface area contributed by atoms with Crippen LogP contribution < -0.4 is 5.32 Å². The zero-order chi connectivity index (χ0) is 9.97. The summed E-state index contributed by atoms with van der Waals surface area (Å²) >= 11 is 5.90. The average Bonchev–Trinajstić information content (AvgIpc) is 2.52. The van der Waals surface area contributed by atoms with Crippen LogP contribution in [0.15, 0.2) is 24.3 Å². The van der Waals surface area contributed by atoms with Gasteiger partial charge in [-0.1, -0.05) is 17.7 Å². The molecule has 0 radical (unpaired) electrons. The van der Waals surface area contributed by atoms with Gasteiger partial charge in [-0.3, -0.25) is 0 Å². The SMILES string of the molecule is C[C@H]1OCC[C@H]1Nc1cccc(Cl)c1. The largest absolute Gasteiger partial charge is 0.380 e. The first kappa shape index (κ1) is 9.81. The summed E-state index contributed by atoms with van der Waals surface area (Å²) in [5.74, 6) is 0. The molecule has 0 aliphatic carbocycles. The molecule has 1 aromatic carbocycles. The Balaban J connectivity index is 2.03. The summed E-state index contributed by atoms with van der Waals surface area (Å²) in [6.07, 6.45) is 1.35. The van der Waals surface area contributed by atoms with Gasteiger partial charge in [-0.15, -0.1) is 0 Å². The first-order valence-electron chi connectivity index (χ1n) is 4.89. The molecule has 2 rings (SSSR count). The fourth-order valence-corrected chi connectivity index (χ4v) is 1.90. The molecule has 0 unspecified atom stereocenters. The smallest absolute Gasteiger partial charge is 0.0748 e. The standard InChI is InChI=1S/C11H14ClNO/c1-8-11(5-6-14-8)13-10-4-2-3-9(12)7-10/h2-4,7-8,11,13H,5-6H2,1H3/t8-,11-/m1/s1. The van der Waals surface area contributed by atoms with E-state index in [1.165, 1.54) is 0 Å². The molecular weight excluding hydrogens is 198 g/mol. The molecule has 1 aliphatic heterocycles. The summed E-state index contributed by atoms with van der Waals surface area (Å²) in [6, 6.07) is 8.20. The van der Waals surface area contributed by atoms with Crippen LogP contribution in [0, 0.1) is 0 Å². The normalized spacial score (nSPS) is 26.4. The zero-order valence-electron chi connectivity index (χ0n) is 8.16. The second-order valence-electron chi connectivity index (χ2n) is 3.63. The lowest BCUT2D eigenvalue weighted by Gasteiger charge is -2.17. The van der Waals surface area contributed by atoms with E-state index in [2.05, 4.69) is 12.2 Å². The van der Waals surface area contributed by atoms with Crippen molar-refractivity contribution in [2.45, 2.75) is 25.5 Å². The summed E-state index contributed by atoms with van der Waals surface area (Å²) in [6.45, 7) is 2.94. The van der Waals surface area contributed by atoms with Gasteiger partial charge in [0.2, 0.25) is 0 Å². The maximum Gasteiger partial charge on any atom is 0.0748 e. The number of ether oxygens (including phenoxy) is 1. The molecule has 1 heterocycles. The van der Waals surface area contributed by atoms with Gasteiger partial charge in [0, 0.05) is 17.3 Å².